The van der Waals surface area contributed by atoms with E-state index >= 15 is 0 Å². The molecule has 4 rings (SSSR count). The molecule has 2 heterocycles. The Morgan fingerprint density at radius 1 is 1.23 bits per heavy atom. The average molecular weight is 423 g/mol. The van der Waals surface area contributed by atoms with Crippen molar-refractivity contribution in [1.82, 2.24) is 9.97 Å². The highest BCUT2D eigenvalue weighted by Crippen LogP contribution is 2.45. The van der Waals surface area contributed by atoms with Crippen molar-refractivity contribution in [1.29, 1.82) is 5.26 Å². The zero-order chi connectivity index (χ0) is 21.7. The number of hydrogen-bond acceptors (Lipinski definition) is 5. The molecule has 1 aliphatic heterocycles. The number of fused-ring (bicyclic) bond motifs is 1. The fourth-order valence-corrected chi connectivity index (χ4v) is 3.85. The Balaban J connectivity index is 1.77. The van der Waals surface area contributed by atoms with E-state index in [0.717, 1.165) is 4.90 Å². The Hall–Kier alpha value is -2.80. The van der Waals surface area contributed by atoms with Crippen LogP contribution in [-0.4, -0.2) is 28.7 Å². The summed E-state index contributed by atoms with van der Waals surface area (Å²) in [5.41, 5.74) is 7.05. The number of nitrogens with two attached hydrogens (primary N) is 1. The van der Waals surface area contributed by atoms with Crippen LogP contribution in [0.25, 0.3) is 11.3 Å². The molecule has 30 heavy (non-hydrogen) atoms. The number of alkyl halides is 5. The number of anilines is 1. The molecule has 2 aliphatic rings. The maximum Gasteiger partial charge on any atom is 0.408 e. The molecule has 1 saturated heterocycles. The largest absolute Gasteiger partial charge is 0.408 e. The number of rotatable bonds is 4. The van der Waals surface area contributed by atoms with Crippen molar-refractivity contribution in [2.75, 3.05) is 11.4 Å². The Bertz CT molecular complexity index is 996. The summed E-state index contributed by atoms with van der Waals surface area (Å²) in [5, 5.41) is 8.77. The van der Waals surface area contributed by atoms with Crippen LogP contribution in [0.4, 0.5) is 27.9 Å². The monoisotopic (exact) mass is 423 g/mol. The van der Waals surface area contributed by atoms with E-state index in [1.807, 2.05) is 6.07 Å². The van der Waals surface area contributed by atoms with E-state index in [9.17, 15) is 22.0 Å². The van der Waals surface area contributed by atoms with Gasteiger partial charge in [0.2, 0.25) is 5.95 Å². The first-order valence-corrected chi connectivity index (χ1v) is 9.47. The van der Waals surface area contributed by atoms with Gasteiger partial charge in [-0.1, -0.05) is 24.3 Å². The van der Waals surface area contributed by atoms with Gasteiger partial charge in [0.15, 0.2) is 0 Å². The topological polar surface area (TPSA) is 78.8 Å². The molecule has 0 unspecified atom stereocenters. The van der Waals surface area contributed by atoms with E-state index in [4.69, 9.17) is 11.0 Å². The molecule has 0 saturated carbocycles. The molecule has 0 bridgehead atoms. The van der Waals surface area contributed by atoms with Gasteiger partial charge in [-0.2, -0.15) is 27.2 Å². The zero-order valence-corrected chi connectivity index (χ0v) is 15.8. The number of hydrogen-bond donors (Lipinski definition) is 1. The summed E-state index contributed by atoms with van der Waals surface area (Å²) in [6.45, 7) is 0.0515. The molecule has 158 valence electrons. The number of halogens is 5. The van der Waals surface area contributed by atoms with Crippen LogP contribution in [0, 0.1) is 11.3 Å². The smallest absolute Gasteiger partial charge is 0.329 e. The van der Waals surface area contributed by atoms with Gasteiger partial charge in [0, 0.05) is 30.1 Å². The summed E-state index contributed by atoms with van der Waals surface area (Å²) in [7, 11) is 0. The molecule has 2 aromatic rings. The van der Waals surface area contributed by atoms with Crippen LogP contribution >= 0.6 is 0 Å². The lowest BCUT2D eigenvalue weighted by molar-refractivity contribution is -0.160. The number of aromatic nitrogens is 2. The Kier molecular flexibility index (Phi) is 4.89. The molecule has 2 atom stereocenters. The van der Waals surface area contributed by atoms with Crippen LogP contribution in [0.1, 0.15) is 42.1 Å². The standard InChI is InChI=1S/C20H18F5N5/c21-19(22)8-5-13-16(12-3-1-11(2-4-12)14(27)6-9-26)28-18(29-17(13)19)30-10-7-15(30)20(23,24)25/h1-4,14-15H,5-8,10,27H2/t14-,15+/m0/s1. The number of nitrogens with zero attached hydrogens (tertiary/aromatic N) is 4. The number of benzene rings is 1. The maximum absolute atomic E-state index is 14.4. The molecule has 0 radical (unpaired) electrons. The van der Waals surface area contributed by atoms with E-state index in [1.165, 1.54) is 0 Å². The van der Waals surface area contributed by atoms with Gasteiger partial charge in [-0.15, -0.1) is 0 Å². The molecule has 1 fully saturated rings. The SMILES string of the molecule is N#CC[C@H](N)c1ccc(-c2nc(N3CC[C@@H]3C(F)(F)F)nc3c2CCC3(F)F)cc1. The minimum atomic E-state index is -4.48. The fraction of sp³-hybridized carbons (Fsp3) is 0.450. The molecule has 1 aliphatic carbocycles. The first-order valence-electron chi connectivity index (χ1n) is 9.47. The van der Waals surface area contributed by atoms with Crippen LogP contribution < -0.4 is 10.6 Å². The summed E-state index contributed by atoms with van der Waals surface area (Å²) in [4.78, 5) is 9.06. The van der Waals surface area contributed by atoms with Crippen molar-refractivity contribution in [3.63, 3.8) is 0 Å². The second-order valence-corrected chi connectivity index (χ2v) is 7.53. The third-order valence-corrected chi connectivity index (χ3v) is 5.61. The van der Waals surface area contributed by atoms with Crippen molar-refractivity contribution in [2.45, 2.75) is 49.9 Å². The van der Waals surface area contributed by atoms with E-state index in [1.54, 1.807) is 24.3 Å². The quantitative estimate of drug-likeness (QED) is 0.745. The third-order valence-electron chi connectivity index (χ3n) is 5.61. The summed E-state index contributed by atoms with van der Waals surface area (Å²) >= 11 is 0. The normalized spacial score (nSPS) is 21.0. The lowest BCUT2D eigenvalue weighted by atomic mass is 9.99. The Labute approximate surface area is 169 Å². The van der Waals surface area contributed by atoms with Gasteiger partial charge in [-0.25, -0.2) is 9.97 Å². The second kappa shape index (κ2) is 7.16. The first-order chi connectivity index (χ1) is 14.1. The molecular weight excluding hydrogens is 405 g/mol. The fourth-order valence-electron chi connectivity index (χ4n) is 3.85. The van der Waals surface area contributed by atoms with Crippen LogP contribution in [-0.2, 0) is 12.3 Å². The molecule has 2 N–H and O–H groups in total. The minimum absolute atomic E-state index is 0.0380. The highest BCUT2D eigenvalue weighted by molar-refractivity contribution is 5.67. The number of nitriles is 1. The van der Waals surface area contributed by atoms with E-state index < -0.39 is 36.3 Å². The predicted molar refractivity (Wildman–Crippen MR) is 98.6 cm³/mol. The van der Waals surface area contributed by atoms with E-state index in [-0.39, 0.29) is 43.0 Å². The summed E-state index contributed by atoms with van der Waals surface area (Å²) in [6, 6.07) is 6.31. The van der Waals surface area contributed by atoms with E-state index in [2.05, 4.69) is 9.97 Å². The molecule has 5 nitrogen and oxygen atoms in total. The molecule has 0 spiro atoms. The summed E-state index contributed by atoms with van der Waals surface area (Å²) in [6.07, 6.45) is -4.91. The lowest BCUT2D eigenvalue weighted by Gasteiger charge is -2.42. The minimum Gasteiger partial charge on any atom is -0.329 e. The third kappa shape index (κ3) is 3.47. The summed E-state index contributed by atoms with van der Waals surface area (Å²) < 4.78 is 68.4. The Morgan fingerprint density at radius 3 is 2.50 bits per heavy atom. The van der Waals surface area contributed by atoms with Crippen LogP contribution in [0.15, 0.2) is 24.3 Å². The molecule has 10 heteroatoms. The molecular formula is C20H18F5N5. The van der Waals surface area contributed by atoms with Gasteiger partial charge < -0.3 is 10.6 Å². The Morgan fingerprint density at radius 2 is 1.93 bits per heavy atom. The van der Waals surface area contributed by atoms with Crippen molar-refractivity contribution < 1.29 is 22.0 Å². The highest BCUT2D eigenvalue weighted by Gasteiger charge is 2.51. The lowest BCUT2D eigenvalue weighted by Crippen LogP contribution is -2.56. The van der Waals surface area contributed by atoms with Gasteiger partial charge in [0.05, 0.1) is 18.2 Å². The average Bonchev–Trinajstić information content (AvgIpc) is 2.94. The van der Waals surface area contributed by atoms with Crippen LogP contribution in [0.3, 0.4) is 0 Å². The zero-order valence-electron chi connectivity index (χ0n) is 15.8. The molecule has 1 aromatic heterocycles. The van der Waals surface area contributed by atoms with E-state index in [0.29, 0.717) is 11.1 Å². The van der Waals surface area contributed by atoms with Gasteiger partial charge in [-0.05, 0) is 18.4 Å². The van der Waals surface area contributed by atoms with Gasteiger partial charge >= 0.3 is 6.18 Å². The van der Waals surface area contributed by atoms with Crippen LogP contribution in [0.2, 0.25) is 0 Å². The predicted octanol–water partition coefficient (Wildman–Crippen LogP) is 4.24. The van der Waals surface area contributed by atoms with Crippen molar-refractivity contribution in [2.24, 2.45) is 5.73 Å². The van der Waals surface area contributed by atoms with Crippen molar-refractivity contribution >= 4 is 5.95 Å². The van der Waals surface area contributed by atoms with Crippen LogP contribution in [0.5, 0.6) is 0 Å². The van der Waals surface area contributed by atoms with Crippen molar-refractivity contribution in [3.8, 4) is 17.3 Å². The maximum atomic E-state index is 14.4. The van der Waals surface area contributed by atoms with Crippen molar-refractivity contribution in [3.05, 3.63) is 41.1 Å². The van der Waals surface area contributed by atoms with Gasteiger partial charge in [0.1, 0.15) is 11.7 Å². The highest BCUT2D eigenvalue weighted by atomic mass is 19.4. The van der Waals surface area contributed by atoms with Gasteiger partial charge in [0.25, 0.3) is 5.92 Å². The van der Waals surface area contributed by atoms with Gasteiger partial charge in [-0.3, -0.25) is 0 Å². The first kappa shape index (κ1) is 20.5. The molecule has 0 amide bonds. The second-order valence-electron chi connectivity index (χ2n) is 7.53. The molecule has 1 aromatic carbocycles. The summed E-state index contributed by atoms with van der Waals surface area (Å²) in [5.74, 6) is -3.54.